The van der Waals surface area contributed by atoms with Gasteiger partial charge in [0.1, 0.15) is 12.2 Å². The quantitative estimate of drug-likeness (QED) is 0.528. The van der Waals surface area contributed by atoms with Crippen molar-refractivity contribution in [3.05, 3.63) is 12.4 Å². The molecule has 1 N–H and O–H groups in total. The van der Waals surface area contributed by atoms with Crippen molar-refractivity contribution in [3.8, 4) is 0 Å². The van der Waals surface area contributed by atoms with E-state index in [-0.39, 0.29) is 0 Å². The minimum absolute atomic E-state index is 0.854. The highest BCUT2D eigenvalue weighted by molar-refractivity contribution is 5.59. The monoisotopic (exact) mass is 111 g/mol. The molecule has 1 aliphatic heterocycles. The highest BCUT2D eigenvalue weighted by Gasteiger charge is 2.04. The summed E-state index contributed by atoms with van der Waals surface area (Å²) in [7, 11) is 0. The maximum Gasteiger partial charge on any atom is 0.120 e. The van der Waals surface area contributed by atoms with Crippen LogP contribution in [0.1, 0.15) is 6.92 Å². The van der Waals surface area contributed by atoms with E-state index in [1.807, 2.05) is 11.8 Å². The van der Waals surface area contributed by atoms with Gasteiger partial charge in [0.25, 0.3) is 0 Å². The van der Waals surface area contributed by atoms with E-state index in [0.717, 1.165) is 12.4 Å². The maximum absolute atomic E-state index is 3.77. The Morgan fingerprint density at radius 1 is 2.00 bits per heavy atom. The Morgan fingerprint density at radius 2 is 2.75 bits per heavy atom. The molecule has 0 aromatic rings. The van der Waals surface area contributed by atoms with Gasteiger partial charge in [-0.3, -0.25) is 5.43 Å². The predicted octanol–water partition coefficient (Wildman–Crippen LogP) is 0.326. The fourth-order valence-corrected chi connectivity index (χ4v) is 0.579. The maximum atomic E-state index is 3.77. The Balaban J connectivity index is 2.53. The zero-order chi connectivity index (χ0) is 5.98. The second-order valence-corrected chi connectivity index (χ2v) is 1.59. The predicted molar refractivity (Wildman–Crippen MR) is 33.1 cm³/mol. The van der Waals surface area contributed by atoms with E-state index in [4.69, 9.17) is 0 Å². The van der Waals surface area contributed by atoms with Crippen molar-refractivity contribution in [2.75, 3.05) is 6.54 Å². The summed E-state index contributed by atoms with van der Waals surface area (Å²) in [4.78, 5) is 1.93. The summed E-state index contributed by atoms with van der Waals surface area (Å²) in [5, 5.41) is 3.77. The largest absolute Gasteiger partial charge is 0.317 e. The van der Waals surface area contributed by atoms with Gasteiger partial charge in [-0.15, -0.1) is 0 Å². The standard InChI is InChI=1S/C5H9N3/c1-3-8-4-6-7-5(8)2/h4,7H,2-3H2,1H3. The molecular formula is C5H9N3. The number of rotatable bonds is 1. The van der Waals surface area contributed by atoms with Gasteiger partial charge in [0, 0.05) is 6.54 Å². The second-order valence-electron chi connectivity index (χ2n) is 1.59. The first-order chi connectivity index (χ1) is 3.84. The molecule has 8 heavy (non-hydrogen) atoms. The Bertz CT molecular complexity index is 128. The Labute approximate surface area is 48.7 Å². The highest BCUT2D eigenvalue weighted by atomic mass is 15.5. The molecule has 1 rings (SSSR count). The van der Waals surface area contributed by atoms with E-state index in [2.05, 4.69) is 17.1 Å². The SMILES string of the molecule is C=C1NN=CN1CC. The first-order valence-corrected chi connectivity index (χ1v) is 2.59. The van der Waals surface area contributed by atoms with Crippen LogP contribution in [-0.2, 0) is 0 Å². The Kier molecular flexibility index (Phi) is 1.20. The molecule has 0 bridgehead atoms. The van der Waals surface area contributed by atoms with Gasteiger partial charge in [-0.25, -0.2) is 0 Å². The third kappa shape index (κ3) is 0.665. The summed E-state index contributed by atoms with van der Waals surface area (Å²) in [6.07, 6.45) is 1.72. The van der Waals surface area contributed by atoms with E-state index in [9.17, 15) is 0 Å². The molecule has 0 saturated heterocycles. The molecule has 3 heteroatoms. The zero-order valence-electron chi connectivity index (χ0n) is 4.89. The van der Waals surface area contributed by atoms with Crippen molar-refractivity contribution in [2.24, 2.45) is 5.10 Å². The Morgan fingerprint density at radius 3 is 3.00 bits per heavy atom. The highest BCUT2D eigenvalue weighted by Crippen LogP contribution is 1.98. The summed E-state index contributed by atoms with van der Waals surface area (Å²) in [5.41, 5.74) is 2.72. The van der Waals surface area contributed by atoms with Crippen molar-refractivity contribution < 1.29 is 0 Å². The molecule has 0 unspecified atom stereocenters. The molecule has 0 fully saturated rings. The van der Waals surface area contributed by atoms with E-state index >= 15 is 0 Å². The van der Waals surface area contributed by atoms with Crippen molar-refractivity contribution in [3.63, 3.8) is 0 Å². The first kappa shape index (κ1) is 5.15. The van der Waals surface area contributed by atoms with Crippen molar-refractivity contribution in [1.29, 1.82) is 0 Å². The van der Waals surface area contributed by atoms with Crippen LogP contribution in [0.2, 0.25) is 0 Å². The Hall–Kier alpha value is -0.990. The van der Waals surface area contributed by atoms with E-state index in [1.165, 1.54) is 0 Å². The fraction of sp³-hybridized carbons (Fsp3) is 0.400. The van der Waals surface area contributed by atoms with Gasteiger partial charge in [0.05, 0.1) is 0 Å². The lowest BCUT2D eigenvalue weighted by Gasteiger charge is -2.09. The third-order valence-electron chi connectivity index (χ3n) is 1.08. The van der Waals surface area contributed by atoms with Crippen molar-refractivity contribution in [1.82, 2.24) is 10.3 Å². The van der Waals surface area contributed by atoms with Crippen LogP contribution in [0.25, 0.3) is 0 Å². The average Bonchev–Trinajstić information content (AvgIpc) is 2.14. The molecule has 44 valence electrons. The molecule has 3 nitrogen and oxygen atoms in total. The van der Waals surface area contributed by atoms with Gasteiger partial charge >= 0.3 is 0 Å². The number of hydrogen-bond donors (Lipinski definition) is 1. The third-order valence-corrected chi connectivity index (χ3v) is 1.08. The van der Waals surface area contributed by atoms with E-state index < -0.39 is 0 Å². The lowest BCUT2D eigenvalue weighted by Crippen LogP contribution is -2.18. The topological polar surface area (TPSA) is 27.6 Å². The van der Waals surface area contributed by atoms with E-state index in [1.54, 1.807) is 6.34 Å². The van der Waals surface area contributed by atoms with Crippen LogP contribution in [0.5, 0.6) is 0 Å². The van der Waals surface area contributed by atoms with Crippen LogP contribution in [0.3, 0.4) is 0 Å². The molecule has 0 aromatic carbocycles. The molecule has 0 saturated carbocycles. The molecule has 1 aliphatic rings. The summed E-state index contributed by atoms with van der Waals surface area (Å²) in [6, 6.07) is 0. The molecule has 0 amide bonds. The summed E-state index contributed by atoms with van der Waals surface area (Å²) >= 11 is 0. The molecular weight excluding hydrogens is 102 g/mol. The van der Waals surface area contributed by atoms with Gasteiger partial charge < -0.3 is 4.90 Å². The number of hydrogen-bond acceptors (Lipinski definition) is 3. The van der Waals surface area contributed by atoms with Crippen LogP contribution in [0, 0.1) is 0 Å². The molecule has 0 radical (unpaired) electrons. The zero-order valence-corrected chi connectivity index (χ0v) is 4.89. The number of nitrogens with zero attached hydrogens (tertiary/aromatic N) is 2. The minimum atomic E-state index is 0.854. The fourth-order valence-electron chi connectivity index (χ4n) is 0.579. The second kappa shape index (κ2) is 1.86. The van der Waals surface area contributed by atoms with Crippen LogP contribution in [0.4, 0.5) is 0 Å². The van der Waals surface area contributed by atoms with Crippen LogP contribution in [-0.4, -0.2) is 17.8 Å². The smallest absolute Gasteiger partial charge is 0.120 e. The van der Waals surface area contributed by atoms with Crippen LogP contribution < -0.4 is 5.43 Å². The van der Waals surface area contributed by atoms with Gasteiger partial charge in [-0.05, 0) is 6.92 Å². The van der Waals surface area contributed by atoms with Crippen molar-refractivity contribution in [2.45, 2.75) is 6.92 Å². The average molecular weight is 111 g/mol. The number of hydrazone groups is 1. The molecule has 0 atom stereocenters. The molecule has 0 spiro atoms. The van der Waals surface area contributed by atoms with Crippen LogP contribution in [0.15, 0.2) is 17.5 Å². The summed E-state index contributed by atoms with van der Waals surface area (Å²) < 4.78 is 0. The summed E-state index contributed by atoms with van der Waals surface area (Å²) in [6.45, 7) is 6.67. The lowest BCUT2D eigenvalue weighted by molar-refractivity contribution is 0.550. The molecule has 1 heterocycles. The normalized spacial score (nSPS) is 17.1. The van der Waals surface area contributed by atoms with Gasteiger partial charge in [-0.1, -0.05) is 6.58 Å². The first-order valence-electron chi connectivity index (χ1n) is 2.59. The minimum Gasteiger partial charge on any atom is -0.317 e. The van der Waals surface area contributed by atoms with Gasteiger partial charge in [-0.2, -0.15) is 5.10 Å². The molecule has 0 aromatic heterocycles. The van der Waals surface area contributed by atoms with Gasteiger partial charge in [0.2, 0.25) is 0 Å². The van der Waals surface area contributed by atoms with Gasteiger partial charge in [0.15, 0.2) is 0 Å². The van der Waals surface area contributed by atoms with Crippen molar-refractivity contribution >= 4 is 6.34 Å². The molecule has 0 aliphatic carbocycles. The summed E-state index contributed by atoms with van der Waals surface area (Å²) in [5.74, 6) is 0.854. The lowest BCUT2D eigenvalue weighted by atomic mass is 10.6. The van der Waals surface area contributed by atoms with Crippen LogP contribution >= 0.6 is 0 Å². The van der Waals surface area contributed by atoms with E-state index in [0.29, 0.717) is 0 Å². The number of nitrogens with one attached hydrogen (secondary N) is 1.